The van der Waals surface area contributed by atoms with Crippen LogP contribution < -0.4 is 4.90 Å². The topological polar surface area (TPSA) is 85.6 Å². The number of aromatic nitrogens is 1. The quantitative estimate of drug-likeness (QED) is 0.471. The largest absolute Gasteiger partial charge is 0.467 e. The van der Waals surface area contributed by atoms with Crippen LogP contribution in [0.1, 0.15) is 19.3 Å². The number of nitro groups is 1. The number of carbonyl (C=O) groups excluding carboxylic acids is 1. The van der Waals surface area contributed by atoms with Crippen LogP contribution in [-0.2, 0) is 9.53 Å². The number of piperidine rings is 1. The van der Waals surface area contributed by atoms with Crippen molar-refractivity contribution in [3.05, 3.63) is 16.3 Å². The summed E-state index contributed by atoms with van der Waals surface area (Å²) in [5, 5.41) is 11.1. The molecule has 0 amide bonds. The molecule has 2 heterocycles. The molecule has 2 rings (SSSR count). The molecule has 1 atom stereocenters. The minimum atomic E-state index is -0.474. The van der Waals surface area contributed by atoms with E-state index in [-0.39, 0.29) is 17.0 Å². The van der Waals surface area contributed by atoms with Crippen LogP contribution in [-0.4, -0.2) is 35.6 Å². The van der Waals surface area contributed by atoms with Gasteiger partial charge < -0.3 is 9.64 Å². The van der Waals surface area contributed by atoms with Crippen LogP contribution >= 0.6 is 11.3 Å². The maximum absolute atomic E-state index is 11.7. The highest BCUT2D eigenvalue weighted by molar-refractivity contribution is 7.18. The normalized spacial score (nSPS) is 19.6. The van der Waals surface area contributed by atoms with Gasteiger partial charge in [-0.1, -0.05) is 0 Å². The molecule has 1 aliphatic heterocycles. The molecule has 98 valence electrons. The van der Waals surface area contributed by atoms with E-state index in [0.717, 1.165) is 24.2 Å². The second kappa shape index (κ2) is 5.30. The van der Waals surface area contributed by atoms with Gasteiger partial charge in [0.15, 0.2) is 5.13 Å². The number of nitrogens with zero attached hydrogens (tertiary/aromatic N) is 3. The number of esters is 1. The molecule has 0 spiro atoms. The predicted molar refractivity (Wildman–Crippen MR) is 65.8 cm³/mol. The summed E-state index contributed by atoms with van der Waals surface area (Å²) in [5.41, 5.74) is 0. The highest BCUT2D eigenvalue weighted by Gasteiger charge is 2.32. The van der Waals surface area contributed by atoms with Crippen molar-refractivity contribution in [1.29, 1.82) is 0 Å². The van der Waals surface area contributed by atoms with Crippen LogP contribution in [0.15, 0.2) is 6.20 Å². The van der Waals surface area contributed by atoms with Crippen molar-refractivity contribution in [2.45, 2.75) is 25.3 Å². The zero-order valence-electron chi connectivity index (χ0n) is 9.87. The van der Waals surface area contributed by atoms with E-state index < -0.39 is 4.92 Å². The Hall–Kier alpha value is -1.70. The van der Waals surface area contributed by atoms with Gasteiger partial charge in [0.1, 0.15) is 12.2 Å². The van der Waals surface area contributed by atoms with E-state index in [9.17, 15) is 14.9 Å². The van der Waals surface area contributed by atoms with Gasteiger partial charge in [0, 0.05) is 6.54 Å². The first kappa shape index (κ1) is 12.7. The van der Waals surface area contributed by atoms with Crippen LogP contribution in [0, 0.1) is 10.1 Å². The lowest BCUT2D eigenvalue weighted by molar-refractivity contribution is -0.380. The lowest BCUT2D eigenvalue weighted by Crippen LogP contribution is -2.45. The maximum atomic E-state index is 11.7. The molecular weight excluding hydrogens is 258 g/mol. The Morgan fingerprint density at radius 3 is 3.06 bits per heavy atom. The summed E-state index contributed by atoms with van der Waals surface area (Å²) in [6.07, 6.45) is 3.81. The molecule has 8 heteroatoms. The molecule has 0 bridgehead atoms. The first-order valence-corrected chi connectivity index (χ1v) is 6.40. The van der Waals surface area contributed by atoms with Crippen molar-refractivity contribution < 1.29 is 14.5 Å². The van der Waals surface area contributed by atoms with Crippen molar-refractivity contribution in [2.75, 3.05) is 18.6 Å². The summed E-state index contributed by atoms with van der Waals surface area (Å²) < 4.78 is 4.76. The molecule has 0 aliphatic carbocycles. The van der Waals surface area contributed by atoms with Gasteiger partial charge >= 0.3 is 11.0 Å². The average Bonchev–Trinajstić information content (AvgIpc) is 2.87. The average molecular weight is 271 g/mol. The fraction of sp³-hybridized carbons (Fsp3) is 0.600. The second-order valence-corrected chi connectivity index (χ2v) is 4.95. The van der Waals surface area contributed by atoms with Gasteiger partial charge in [-0.05, 0) is 30.6 Å². The Labute approximate surface area is 108 Å². The molecule has 18 heavy (non-hydrogen) atoms. The standard InChI is InChI=1S/C10H13N3O4S/c1-17-9(14)7-4-2-3-5-12(7)10-11-6-8(18-10)13(15)16/h6-7H,2-5H2,1H3. The van der Waals surface area contributed by atoms with Crippen LogP contribution in [0.25, 0.3) is 0 Å². The Balaban J connectivity index is 2.22. The molecule has 1 aromatic heterocycles. The first-order chi connectivity index (χ1) is 8.63. The van der Waals surface area contributed by atoms with Crippen molar-refractivity contribution in [1.82, 2.24) is 4.98 Å². The van der Waals surface area contributed by atoms with E-state index in [1.165, 1.54) is 13.3 Å². The summed E-state index contributed by atoms with van der Waals surface area (Å²) in [6, 6.07) is -0.380. The zero-order chi connectivity index (χ0) is 13.1. The van der Waals surface area contributed by atoms with E-state index in [1.54, 1.807) is 4.90 Å². The molecule has 0 aromatic carbocycles. The van der Waals surface area contributed by atoms with Gasteiger partial charge in [-0.3, -0.25) is 10.1 Å². The zero-order valence-corrected chi connectivity index (χ0v) is 10.7. The monoisotopic (exact) mass is 271 g/mol. The summed E-state index contributed by atoms with van der Waals surface area (Å²) in [5.74, 6) is -0.312. The fourth-order valence-electron chi connectivity index (χ4n) is 2.02. The first-order valence-electron chi connectivity index (χ1n) is 5.58. The molecule has 7 nitrogen and oxygen atoms in total. The highest BCUT2D eigenvalue weighted by atomic mass is 32.1. The number of anilines is 1. The van der Waals surface area contributed by atoms with E-state index in [4.69, 9.17) is 4.74 Å². The van der Waals surface area contributed by atoms with Crippen LogP contribution in [0.3, 0.4) is 0 Å². The Morgan fingerprint density at radius 2 is 2.44 bits per heavy atom. The van der Waals surface area contributed by atoms with Crippen LogP contribution in [0.4, 0.5) is 10.1 Å². The van der Waals surface area contributed by atoms with Crippen molar-refractivity contribution in [2.24, 2.45) is 0 Å². The third-order valence-electron chi connectivity index (χ3n) is 2.88. The maximum Gasteiger partial charge on any atom is 0.345 e. The number of methoxy groups -OCH3 is 1. The van der Waals surface area contributed by atoms with E-state index >= 15 is 0 Å². The molecule has 0 N–H and O–H groups in total. The third kappa shape index (κ3) is 2.42. The molecular formula is C10H13N3O4S. The number of thiazole rings is 1. The predicted octanol–water partition coefficient (Wildman–Crippen LogP) is 1.58. The lowest BCUT2D eigenvalue weighted by Gasteiger charge is -2.33. The van der Waals surface area contributed by atoms with Gasteiger partial charge in [0.2, 0.25) is 0 Å². The van der Waals surface area contributed by atoms with Crippen molar-refractivity contribution in [3.63, 3.8) is 0 Å². The summed E-state index contributed by atoms with van der Waals surface area (Å²) >= 11 is 0.987. The number of rotatable bonds is 3. The highest BCUT2D eigenvalue weighted by Crippen LogP contribution is 2.32. The molecule has 1 aliphatic rings. The van der Waals surface area contributed by atoms with Crippen molar-refractivity contribution >= 4 is 27.4 Å². The summed E-state index contributed by atoms with van der Waals surface area (Å²) in [4.78, 5) is 27.7. The van der Waals surface area contributed by atoms with Gasteiger partial charge in [0.25, 0.3) is 0 Å². The molecule has 0 saturated carbocycles. The van der Waals surface area contributed by atoms with E-state index in [1.807, 2.05) is 0 Å². The van der Waals surface area contributed by atoms with Gasteiger partial charge in [-0.25, -0.2) is 9.78 Å². The minimum absolute atomic E-state index is 0.0146. The molecule has 0 radical (unpaired) electrons. The second-order valence-electron chi connectivity index (χ2n) is 3.97. The molecule has 1 aromatic rings. The Bertz CT molecular complexity index is 462. The minimum Gasteiger partial charge on any atom is -0.467 e. The van der Waals surface area contributed by atoms with Gasteiger partial charge in [-0.15, -0.1) is 0 Å². The van der Waals surface area contributed by atoms with E-state index in [0.29, 0.717) is 18.1 Å². The SMILES string of the molecule is COC(=O)C1CCCCN1c1ncc([N+](=O)[O-])s1. The Kier molecular flexibility index (Phi) is 3.75. The number of hydrogen-bond acceptors (Lipinski definition) is 7. The number of carbonyl (C=O) groups is 1. The smallest absolute Gasteiger partial charge is 0.345 e. The van der Waals surface area contributed by atoms with Crippen LogP contribution in [0.5, 0.6) is 0 Å². The van der Waals surface area contributed by atoms with Gasteiger partial charge in [-0.2, -0.15) is 0 Å². The van der Waals surface area contributed by atoms with Crippen LogP contribution in [0.2, 0.25) is 0 Å². The fourth-order valence-corrected chi connectivity index (χ4v) is 2.82. The Morgan fingerprint density at radius 1 is 1.67 bits per heavy atom. The molecule has 1 saturated heterocycles. The lowest BCUT2D eigenvalue weighted by atomic mass is 10.0. The summed E-state index contributed by atoms with van der Waals surface area (Å²) in [6.45, 7) is 0.671. The third-order valence-corrected chi connectivity index (χ3v) is 3.87. The summed E-state index contributed by atoms with van der Waals surface area (Å²) in [7, 11) is 1.35. The molecule has 1 unspecified atom stereocenters. The number of ether oxygens (including phenoxy) is 1. The van der Waals surface area contributed by atoms with Gasteiger partial charge in [0.05, 0.1) is 12.0 Å². The van der Waals surface area contributed by atoms with E-state index in [2.05, 4.69) is 4.98 Å². The molecule has 1 fully saturated rings. The van der Waals surface area contributed by atoms with Crippen molar-refractivity contribution in [3.8, 4) is 0 Å². The number of hydrogen-bond donors (Lipinski definition) is 0.